The van der Waals surface area contributed by atoms with Gasteiger partial charge >= 0.3 is 12.2 Å². The summed E-state index contributed by atoms with van der Waals surface area (Å²) in [5.41, 5.74) is 1.86. The highest BCUT2D eigenvalue weighted by molar-refractivity contribution is 7.93. The third-order valence-corrected chi connectivity index (χ3v) is 11.5. The standard InChI is InChI=1S/C40H52ClFN6O8S2/c1-24-11-12-26(19-46-37(49)55-39(3,4)5)28(15-24)16-29(25(2)47-38(50)56-40(6,7)8)20-43-35-32(41)18-31(21-44-35)58(51,52)48(36-45-22-34(42)57-36)23-27-13-14-30(53-9)17-33(27)54-10/h11-15,17-18,21-22,25,29H,16,19-20,23H2,1-10H3,(H,43,44)(H,46,49)(H,47,50)/t25-,29+/m1/s1. The molecule has 0 unspecified atom stereocenters. The number of nitrogens with zero attached hydrogens (tertiary/aromatic N) is 3. The third kappa shape index (κ3) is 13.1. The first kappa shape index (κ1) is 45.8. The van der Waals surface area contributed by atoms with Crippen molar-refractivity contribution >= 4 is 56.1 Å². The first-order valence-electron chi connectivity index (χ1n) is 18.4. The van der Waals surface area contributed by atoms with Crippen molar-refractivity contribution in [3.05, 3.63) is 87.3 Å². The van der Waals surface area contributed by atoms with Crippen LogP contribution in [0.2, 0.25) is 5.02 Å². The first-order valence-corrected chi connectivity index (χ1v) is 21.0. The third-order valence-electron chi connectivity index (χ3n) is 8.54. The Morgan fingerprint density at radius 1 is 0.914 bits per heavy atom. The molecule has 316 valence electrons. The van der Waals surface area contributed by atoms with Crippen molar-refractivity contribution < 1.29 is 41.3 Å². The molecular weight excluding hydrogens is 811 g/mol. The molecule has 0 saturated carbocycles. The van der Waals surface area contributed by atoms with Crippen LogP contribution in [0.1, 0.15) is 70.7 Å². The van der Waals surface area contributed by atoms with Gasteiger partial charge in [-0.15, -0.1) is 0 Å². The van der Waals surface area contributed by atoms with E-state index in [1.807, 2.05) is 32.0 Å². The molecule has 3 N–H and O–H groups in total. The number of alkyl carbamates (subject to hydrolysis) is 2. The summed E-state index contributed by atoms with van der Waals surface area (Å²) in [6, 6.07) is 11.6. The second-order valence-electron chi connectivity index (χ2n) is 15.5. The molecule has 2 amide bonds. The topological polar surface area (TPSA) is 170 Å². The second-order valence-corrected chi connectivity index (χ2v) is 18.8. The molecule has 58 heavy (non-hydrogen) atoms. The number of halogens is 2. The van der Waals surface area contributed by atoms with Crippen molar-refractivity contribution in [2.45, 2.75) is 97.0 Å². The van der Waals surface area contributed by atoms with Crippen molar-refractivity contribution in [3.63, 3.8) is 0 Å². The molecule has 0 aliphatic rings. The SMILES string of the molecule is COc1ccc(CN(c2ncc(F)s2)S(=O)(=O)c2cnc(NC[C@H](Cc3cc(C)ccc3CNC(=O)OC(C)(C)C)[C@@H](C)NC(=O)OC(C)(C)C)c(Cl)c2)c(OC)c1. The lowest BCUT2D eigenvalue weighted by atomic mass is 9.89. The average Bonchev–Trinajstić information content (AvgIpc) is 3.55. The van der Waals surface area contributed by atoms with Gasteiger partial charge in [0.2, 0.25) is 5.13 Å². The monoisotopic (exact) mass is 862 g/mol. The minimum absolute atomic E-state index is 0.00215. The summed E-state index contributed by atoms with van der Waals surface area (Å²) in [5, 5.41) is 8.20. The second kappa shape index (κ2) is 19.3. The summed E-state index contributed by atoms with van der Waals surface area (Å²) in [4.78, 5) is 33.5. The number of hydrogen-bond acceptors (Lipinski definition) is 12. The van der Waals surface area contributed by atoms with Crippen LogP contribution in [0, 0.1) is 18.0 Å². The summed E-state index contributed by atoms with van der Waals surface area (Å²) >= 11 is 7.28. The van der Waals surface area contributed by atoms with Gasteiger partial charge in [0.1, 0.15) is 33.4 Å². The van der Waals surface area contributed by atoms with Crippen LogP contribution in [0.15, 0.2) is 59.8 Å². The van der Waals surface area contributed by atoms with E-state index in [9.17, 15) is 22.4 Å². The van der Waals surface area contributed by atoms with Crippen molar-refractivity contribution in [3.8, 4) is 11.5 Å². The van der Waals surface area contributed by atoms with Crippen molar-refractivity contribution in [1.29, 1.82) is 0 Å². The predicted octanol–water partition coefficient (Wildman–Crippen LogP) is 8.26. The fraction of sp³-hybridized carbons (Fsp3) is 0.450. The van der Waals surface area contributed by atoms with Crippen LogP contribution in [-0.2, 0) is 39.0 Å². The number of anilines is 2. The Kier molecular flexibility index (Phi) is 15.2. The predicted molar refractivity (Wildman–Crippen MR) is 223 cm³/mol. The normalized spacial score (nSPS) is 12.9. The molecule has 0 spiro atoms. The lowest BCUT2D eigenvalue weighted by Gasteiger charge is -2.28. The van der Waals surface area contributed by atoms with E-state index in [4.69, 9.17) is 30.5 Å². The zero-order valence-electron chi connectivity index (χ0n) is 34.4. The molecule has 0 aliphatic carbocycles. The smallest absolute Gasteiger partial charge is 0.407 e. The highest BCUT2D eigenvalue weighted by atomic mass is 35.5. The van der Waals surface area contributed by atoms with E-state index in [2.05, 4.69) is 25.9 Å². The number of thiazole rings is 1. The molecule has 2 heterocycles. The summed E-state index contributed by atoms with van der Waals surface area (Å²) in [6.45, 7) is 14.7. The first-order chi connectivity index (χ1) is 27.1. The number of methoxy groups -OCH3 is 2. The zero-order chi connectivity index (χ0) is 43.0. The summed E-state index contributed by atoms with van der Waals surface area (Å²) in [6.07, 6.45) is 1.40. The van der Waals surface area contributed by atoms with E-state index >= 15 is 0 Å². The van der Waals surface area contributed by atoms with Crippen LogP contribution in [0.25, 0.3) is 0 Å². The highest BCUT2D eigenvalue weighted by Gasteiger charge is 2.31. The van der Waals surface area contributed by atoms with Crippen LogP contribution >= 0.6 is 22.9 Å². The van der Waals surface area contributed by atoms with Gasteiger partial charge in [0.25, 0.3) is 10.0 Å². The van der Waals surface area contributed by atoms with E-state index in [1.54, 1.807) is 59.7 Å². The van der Waals surface area contributed by atoms with Crippen LogP contribution in [0.3, 0.4) is 0 Å². The van der Waals surface area contributed by atoms with Crippen LogP contribution < -0.4 is 29.7 Å². The lowest BCUT2D eigenvalue weighted by molar-refractivity contribution is 0.0488. The number of aromatic nitrogens is 2. The molecule has 0 fully saturated rings. The summed E-state index contributed by atoms with van der Waals surface area (Å²) in [5.74, 6) is 0.746. The number of carbonyl (C=O) groups is 2. The average molecular weight is 863 g/mol. The maximum absolute atomic E-state index is 14.2. The molecule has 2 atom stereocenters. The van der Waals surface area contributed by atoms with Gasteiger partial charge in [0.15, 0.2) is 5.13 Å². The number of amides is 2. The Morgan fingerprint density at radius 3 is 2.19 bits per heavy atom. The quantitative estimate of drug-likeness (QED) is 0.0991. The molecule has 2 aromatic heterocycles. The van der Waals surface area contributed by atoms with Gasteiger partial charge in [-0.2, -0.15) is 4.39 Å². The minimum atomic E-state index is -4.41. The van der Waals surface area contributed by atoms with Gasteiger partial charge in [0.05, 0.1) is 32.0 Å². The maximum Gasteiger partial charge on any atom is 0.407 e. The van der Waals surface area contributed by atoms with Gasteiger partial charge in [-0.05, 0) is 91.1 Å². The molecule has 14 nitrogen and oxygen atoms in total. The molecule has 0 bridgehead atoms. The maximum atomic E-state index is 14.2. The number of hydrogen-bond donors (Lipinski definition) is 3. The molecule has 0 aliphatic heterocycles. The van der Waals surface area contributed by atoms with Crippen LogP contribution in [0.5, 0.6) is 11.5 Å². The van der Waals surface area contributed by atoms with Crippen molar-refractivity contribution in [2.75, 3.05) is 30.4 Å². The molecule has 2 aromatic carbocycles. The Morgan fingerprint density at radius 2 is 1.59 bits per heavy atom. The van der Waals surface area contributed by atoms with Gasteiger partial charge in [-0.3, -0.25) is 0 Å². The number of nitrogens with one attached hydrogen (secondary N) is 3. The van der Waals surface area contributed by atoms with Gasteiger partial charge in [-0.1, -0.05) is 46.7 Å². The van der Waals surface area contributed by atoms with Crippen LogP contribution in [-0.4, -0.2) is 68.6 Å². The Labute approximate surface area is 348 Å². The lowest BCUT2D eigenvalue weighted by Crippen LogP contribution is -2.44. The van der Waals surface area contributed by atoms with E-state index in [-0.39, 0.29) is 46.4 Å². The summed E-state index contributed by atoms with van der Waals surface area (Å²) < 4.78 is 65.3. The fourth-order valence-corrected chi connectivity index (χ4v) is 8.24. The number of sulfonamides is 1. The number of carbonyl (C=O) groups excluding carboxylic acids is 2. The Bertz CT molecular complexity index is 2170. The van der Waals surface area contributed by atoms with Crippen molar-refractivity contribution in [1.82, 2.24) is 20.6 Å². The Balaban J connectivity index is 1.62. The zero-order valence-corrected chi connectivity index (χ0v) is 36.7. The largest absolute Gasteiger partial charge is 0.497 e. The minimum Gasteiger partial charge on any atom is -0.497 e. The molecule has 0 radical (unpaired) electrons. The van der Waals surface area contributed by atoms with Gasteiger partial charge in [0, 0.05) is 42.9 Å². The van der Waals surface area contributed by atoms with Gasteiger partial charge in [-0.25, -0.2) is 32.3 Å². The number of pyridine rings is 1. The molecule has 4 rings (SSSR count). The van der Waals surface area contributed by atoms with E-state index < -0.39 is 44.6 Å². The number of rotatable bonds is 16. The van der Waals surface area contributed by atoms with E-state index in [0.29, 0.717) is 34.8 Å². The van der Waals surface area contributed by atoms with E-state index in [0.717, 1.165) is 33.4 Å². The van der Waals surface area contributed by atoms with Crippen molar-refractivity contribution in [2.24, 2.45) is 5.92 Å². The number of ether oxygens (including phenoxy) is 4. The van der Waals surface area contributed by atoms with Gasteiger partial charge < -0.3 is 34.9 Å². The van der Waals surface area contributed by atoms with E-state index in [1.165, 1.54) is 20.3 Å². The number of benzene rings is 2. The molecule has 4 aromatic rings. The Hall–Kier alpha value is -4.87. The fourth-order valence-electron chi connectivity index (χ4n) is 5.72. The number of aryl methyl sites for hydroxylation is 1. The molecule has 18 heteroatoms. The van der Waals surface area contributed by atoms with Crippen LogP contribution in [0.4, 0.5) is 24.9 Å². The summed E-state index contributed by atoms with van der Waals surface area (Å²) in [7, 11) is -1.47. The molecule has 0 saturated heterocycles. The highest BCUT2D eigenvalue weighted by Crippen LogP contribution is 2.34. The molecular formula is C40H52ClFN6O8S2.